The van der Waals surface area contributed by atoms with E-state index in [1.807, 2.05) is 35.6 Å². The molecule has 0 unspecified atom stereocenters. The number of rotatable bonds is 8. The number of furan rings is 1. The lowest BCUT2D eigenvalue weighted by atomic mass is 10.00. The van der Waals surface area contributed by atoms with E-state index in [-0.39, 0.29) is 7.43 Å². The molecule has 0 saturated heterocycles. The van der Waals surface area contributed by atoms with Crippen molar-refractivity contribution in [1.29, 1.82) is 0 Å². The molecule has 0 N–H and O–H groups in total. The molecule has 0 atom stereocenters. The molecule has 0 spiro atoms. The Morgan fingerprint density at radius 3 is 1.18 bits per heavy atom. The first-order valence-corrected chi connectivity index (χ1v) is 45.0. The average molecular weight is 1690 g/mol. The minimum atomic E-state index is 0. The Kier molecular flexibility index (Phi) is 16.4. The van der Waals surface area contributed by atoms with Crippen LogP contribution in [0.5, 0.6) is 0 Å². The van der Waals surface area contributed by atoms with E-state index < -0.39 is 0 Å². The summed E-state index contributed by atoms with van der Waals surface area (Å²) in [6.45, 7) is 0. The molecule has 29 rings (SSSR count). The predicted molar refractivity (Wildman–Crippen MR) is 553 cm³/mol. The standard InChI is InChI=1S/C62H36N4S.C58H34N4O.CH4/c1-3-16-43-37(14-1)31-33-53-57(43)46-19-6-11-25-52(46)66(53)61-44-17-4-2-15-40(44)36-54-59(61)47-20-7-10-24-51(47)65(54)42-32-30-38-34-41(29-28-39(38)35-42)62-63-50-23-9-5-18-45(50)60(64-62)49-22-13-27-56-58(49)48-21-8-12-26-55(48)67-56;1-3-19-39-35(15-1)31-32-49-53(39)42-22-6-11-28-48(42)62(49)57-40-20-4-2-16-36(40)34-50-55(57)43-23-7-10-27-47(43)61(50)38-18-13-17-37(33-38)58-59-46-26-9-5-21-41(46)56(60-58)45-25-14-30-52-54(45)44-24-8-12-29-51(44)63-52;/h1-36H;1-34H;1H4. The van der Waals surface area contributed by atoms with Gasteiger partial charge in [0, 0.05) is 129 Å². The van der Waals surface area contributed by atoms with Gasteiger partial charge in [-0.05, 0) is 158 Å². The van der Waals surface area contributed by atoms with Crippen LogP contribution in [0.4, 0.5) is 0 Å². The molecule has 29 aromatic rings. The second kappa shape index (κ2) is 28.9. The molecule has 0 aliphatic rings. The quantitative estimate of drug-likeness (QED) is 0.151. The van der Waals surface area contributed by atoms with Gasteiger partial charge in [0.25, 0.3) is 0 Å². The van der Waals surface area contributed by atoms with Gasteiger partial charge >= 0.3 is 0 Å². The first kappa shape index (κ1) is 74.1. The van der Waals surface area contributed by atoms with Gasteiger partial charge in [-0.1, -0.05) is 317 Å². The number of thiophene rings is 1. The fraction of sp³-hybridized carbons (Fsp3) is 0.00826. The van der Waals surface area contributed by atoms with Crippen LogP contribution in [0.15, 0.2) is 429 Å². The van der Waals surface area contributed by atoms with Gasteiger partial charge < -0.3 is 22.7 Å². The van der Waals surface area contributed by atoms with Gasteiger partial charge in [0.1, 0.15) is 11.2 Å². The number of hydrogen-bond donors (Lipinski definition) is 0. The van der Waals surface area contributed by atoms with E-state index in [1.54, 1.807) is 0 Å². The molecule has 610 valence electrons. The minimum Gasteiger partial charge on any atom is -0.456 e. The van der Waals surface area contributed by atoms with Crippen LogP contribution >= 0.6 is 11.3 Å². The van der Waals surface area contributed by atoms with Crippen molar-refractivity contribution in [2.75, 3.05) is 0 Å². The molecule has 0 bridgehead atoms. The number of nitrogens with zero attached hydrogens (tertiary/aromatic N) is 8. The van der Waals surface area contributed by atoms with Crippen LogP contribution in [-0.2, 0) is 0 Å². The minimum absolute atomic E-state index is 0. The van der Waals surface area contributed by atoms with Gasteiger partial charge in [0.15, 0.2) is 11.6 Å². The highest BCUT2D eigenvalue weighted by Gasteiger charge is 2.29. The first-order chi connectivity index (χ1) is 64.5. The topological polar surface area (TPSA) is 84.4 Å². The van der Waals surface area contributed by atoms with E-state index in [4.69, 9.17) is 24.4 Å². The summed E-state index contributed by atoms with van der Waals surface area (Å²) in [7, 11) is 0. The number of aromatic nitrogens is 8. The molecule has 0 radical (unpaired) electrons. The van der Waals surface area contributed by atoms with Crippen LogP contribution in [0.25, 0.3) is 273 Å². The van der Waals surface area contributed by atoms with E-state index in [0.717, 1.165) is 116 Å². The average Bonchev–Trinajstić information content (AvgIpc) is 1.54. The molecule has 0 fully saturated rings. The van der Waals surface area contributed by atoms with E-state index in [1.165, 1.54) is 151 Å². The maximum absolute atomic E-state index is 6.34. The molecule has 0 aliphatic carbocycles. The van der Waals surface area contributed by atoms with Crippen LogP contribution in [0.2, 0.25) is 0 Å². The Hall–Kier alpha value is -17.2. The fourth-order valence-corrected chi connectivity index (χ4v) is 22.7. The highest BCUT2D eigenvalue weighted by atomic mass is 32.1. The summed E-state index contributed by atoms with van der Waals surface area (Å²) in [5.74, 6) is 1.39. The van der Waals surface area contributed by atoms with Crippen molar-refractivity contribution in [3.05, 3.63) is 425 Å². The molecule has 8 aromatic heterocycles. The Labute approximate surface area is 753 Å². The molecule has 0 saturated carbocycles. The number of fused-ring (bicyclic) bond motifs is 27. The van der Waals surface area contributed by atoms with Crippen molar-refractivity contribution in [3.63, 3.8) is 0 Å². The molecule has 131 heavy (non-hydrogen) atoms. The van der Waals surface area contributed by atoms with Gasteiger partial charge in [-0.25, -0.2) is 19.9 Å². The zero-order chi connectivity index (χ0) is 84.9. The molecule has 0 aliphatic heterocycles. The van der Waals surface area contributed by atoms with Crippen molar-refractivity contribution in [2.24, 2.45) is 0 Å². The van der Waals surface area contributed by atoms with Gasteiger partial charge in [0.2, 0.25) is 0 Å². The molecule has 21 aromatic carbocycles. The maximum atomic E-state index is 6.34. The lowest BCUT2D eigenvalue weighted by Gasteiger charge is -2.16. The third-order valence-corrected chi connectivity index (χ3v) is 28.2. The smallest absolute Gasteiger partial charge is 0.160 e. The SMILES string of the molecule is C.c1cc(-c2nc(-c3cccc4oc5ccccc5c34)c3ccccc3n2)cc(-n2c3ccccc3c3c(-n4c5ccccc5c5c6ccccc6ccc54)c4ccccc4cc32)c1.c1ccc2c(-n3c4ccccc4c4c5ccccc5ccc43)c3c4ccccc4n(-c4ccc5cc(-c6nc(-c7cccc8sc9ccccc9c78)c7ccccc7n6)ccc5c4)c3cc2c1. The van der Waals surface area contributed by atoms with Gasteiger partial charge in [0.05, 0.1) is 77.9 Å². The second-order valence-electron chi connectivity index (χ2n) is 34.1. The lowest BCUT2D eigenvalue weighted by Crippen LogP contribution is -1.99. The lowest BCUT2D eigenvalue weighted by molar-refractivity contribution is 0.669. The van der Waals surface area contributed by atoms with E-state index in [0.29, 0.717) is 5.82 Å². The van der Waals surface area contributed by atoms with Crippen LogP contribution in [0.3, 0.4) is 0 Å². The van der Waals surface area contributed by atoms with E-state index in [9.17, 15) is 0 Å². The van der Waals surface area contributed by atoms with Crippen LogP contribution in [-0.4, -0.2) is 38.2 Å². The summed E-state index contributed by atoms with van der Waals surface area (Å²) in [4.78, 5) is 21.3. The highest BCUT2D eigenvalue weighted by Crippen LogP contribution is 2.51. The third kappa shape index (κ3) is 11.1. The van der Waals surface area contributed by atoms with E-state index in [2.05, 4.69) is 419 Å². The molecule has 0 amide bonds. The fourth-order valence-electron chi connectivity index (χ4n) is 21.6. The Balaban J connectivity index is 0.000000134. The van der Waals surface area contributed by atoms with Crippen molar-refractivity contribution < 1.29 is 4.42 Å². The summed E-state index contributed by atoms with van der Waals surface area (Å²) >= 11 is 1.83. The van der Waals surface area contributed by atoms with Gasteiger partial charge in [-0.3, -0.25) is 0 Å². The van der Waals surface area contributed by atoms with Crippen molar-refractivity contribution in [1.82, 2.24) is 38.2 Å². The van der Waals surface area contributed by atoms with Crippen LogP contribution in [0.1, 0.15) is 7.43 Å². The number of para-hydroxylation sites is 7. The summed E-state index contributed by atoms with van der Waals surface area (Å²) in [6.07, 6.45) is 0. The summed E-state index contributed by atoms with van der Waals surface area (Å²) in [5, 5.41) is 28.7. The molecule has 10 heteroatoms. The Morgan fingerprint density at radius 1 is 0.206 bits per heavy atom. The van der Waals surface area contributed by atoms with Crippen molar-refractivity contribution in [2.45, 2.75) is 7.43 Å². The predicted octanol–water partition coefficient (Wildman–Crippen LogP) is 33.0. The van der Waals surface area contributed by atoms with Gasteiger partial charge in [-0.15, -0.1) is 11.3 Å². The first-order valence-electron chi connectivity index (χ1n) is 44.2. The second-order valence-corrected chi connectivity index (χ2v) is 35.2. The number of benzene rings is 21. The maximum Gasteiger partial charge on any atom is 0.160 e. The van der Waals surface area contributed by atoms with Crippen molar-refractivity contribution >= 4 is 216 Å². The zero-order valence-corrected chi connectivity index (χ0v) is 70.6. The third-order valence-electron chi connectivity index (χ3n) is 27.1. The Bertz CT molecular complexity index is 9950. The summed E-state index contributed by atoms with van der Waals surface area (Å²) < 4.78 is 18.8. The Morgan fingerprint density at radius 2 is 0.603 bits per heavy atom. The van der Waals surface area contributed by atoms with Crippen LogP contribution < -0.4 is 0 Å². The molecular formula is C121H74N8OS. The van der Waals surface area contributed by atoms with E-state index >= 15 is 0 Å². The zero-order valence-electron chi connectivity index (χ0n) is 69.8. The largest absolute Gasteiger partial charge is 0.456 e. The summed E-state index contributed by atoms with van der Waals surface area (Å²) in [5.41, 5.74) is 23.3. The molecule has 8 heterocycles. The normalized spacial score (nSPS) is 12.1. The molecular weight excluding hydrogens is 1610 g/mol. The van der Waals surface area contributed by atoms with Gasteiger partial charge in [-0.2, -0.15) is 0 Å². The number of hydrogen-bond acceptors (Lipinski definition) is 6. The highest BCUT2D eigenvalue weighted by molar-refractivity contribution is 7.26. The van der Waals surface area contributed by atoms with Crippen molar-refractivity contribution in [3.8, 4) is 68.0 Å². The molecule has 9 nitrogen and oxygen atoms in total. The monoisotopic (exact) mass is 1690 g/mol. The van der Waals surface area contributed by atoms with Crippen LogP contribution in [0, 0.1) is 0 Å². The summed E-state index contributed by atoms with van der Waals surface area (Å²) in [6, 6.07) is 153.